The second-order valence-electron chi connectivity index (χ2n) is 4.83. The molecule has 1 aromatic carbocycles. The lowest BCUT2D eigenvalue weighted by Crippen LogP contribution is -2.27. The zero-order valence-corrected chi connectivity index (χ0v) is 12.8. The summed E-state index contributed by atoms with van der Waals surface area (Å²) in [6.07, 6.45) is 6.71. The van der Waals surface area contributed by atoms with E-state index in [1.807, 2.05) is 12.4 Å². The number of benzene rings is 1. The van der Waals surface area contributed by atoms with Gasteiger partial charge in [-0.05, 0) is 30.5 Å². The smallest absolute Gasteiger partial charge is 0.110 e. The Morgan fingerprint density at radius 1 is 1.26 bits per heavy atom. The Labute approximate surface area is 123 Å². The maximum atomic E-state index is 6.23. The number of aryl methyl sites for hydroxylation is 1. The summed E-state index contributed by atoms with van der Waals surface area (Å²) in [6, 6.07) is 8.45. The Kier molecular flexibility index (Phi) is 5.16. The molecule has 2 aromatic rings. The standard InChI is InChI=1S/C15H20BrN3/c1-2-8-19-9-7-18-15(19)11-14(17)10-12-3-5-13(16)6-4-12/h3-7,9,14H,2,8,10-11,17H2,1H3. The lowest BCUT2D eigenvalue weighted by Gasteiger charge is -2.13. The van der Waals surface area contributed by atoms with Crippen molar-refractivity contribution < 1.29 is 0 Å². The van der Waals surface area contributed by atoms with Crippen LogP contribution in [0.2, 0.25) is 0 Å². The Morgan fingerprint density at radius 2 is 2.00 bits per heavy atom. The van der Waals surface area contributed by atoms with Crippen molar-refractivity contribution in [2.75, 3.05) is 0 Å². The third-order valence-corrected chi connectivity index (χ3v) is 3.65. The van der Waals surface area contributed by atoms with E-state index in [0.29, 0.717) is 0 Å². The van der Waals surface area contributed by atoms with Gasteiger partial charge in [0.05, 0.1) is 0 Å². The molecule has 1 heterocycles. The molecule has 0 aliphatic heterocycles. The molecule has 0 bridgehead atoms. The fraction of sp³-hybridized carbons (Fsp3) is 0.400. The highest BCUT2D eigenvalue weighted by Crippen LogP contribution is 2.12. The first-order valence-electron chi connectivity index (χ1n) is 6.69. The van der Waals surface area contributed by atoms with Crippen LogP contribution in [0.3, 0.4) is 0 Å². The Morgan fingerprint density at radius 3 is 2.68 bits per heavy atom. The van der Waals surface area contributed by atoms with E-state index in [1.165, 1.54) is 5.56 Å². The summed E-state index contributed by atoms with van der Waals surface area (Å²) in [4.78, 5) is 4.41. The zero-order chi connectivity index (χ0) is 13.7. The Balaban J connectivity index is 1.95. The van der Waals surface area contributed by atoms with Gasteiger partial charge in [-0.15, -0.1) is 0 Å². The number of imidazole rings is 1. The zero-order valence-electron chi connectivity index (χ0n) is 11.2. The fourth-order valence-corrected chi connectivity index (χ4v) is 2.47. The van der Waals surface area contributed by atoms with Gasteiger partial charge in [-0.1, -0.05) is 35.0 Å². The quantitative estimate of drug-likeness (QED) is 0.888. The van der Waals surface area contributed by atoms with Crippen LogP contribution in [0.1, 0.15) is 24.7 Å². The van der Waals surface area contributed by atoms with Crippen LogP contribution in [0.4, 0.5) is 0 Å². The molecular weight excluding hydrogens is 302 g/mol. The van der Waals surface area contributed by atoms with E-state index >= 15 is 0 Å². The lowest BCUT2D eigenvalue weighted by molar-refractivity contribution is 0.582. The van der Waals surface area contributed by atoms with Crippen molar-refractivity contribution in [2.24, 2.45) is 5.73 Å². The normalized spacial score (nSPS) is 12.6. The van der Waals surface area contributed by atoms with Gasteiger partial charge >= 0.3 is 0 Å². The van der Waals surface area contributed by atoms with E-state index in [9.17, 15) is 0 Å². The van der Waals surface area contributed by atoms with Crippen LogP contribution in [0.15, 0.2) is 41.1 Å². The van der Waals surface area contributed by atoms with Crippen LogP contribution in [0.25, 0.3) is 0 Å². The summed E-state index contributed by atoms with van der Waals surface area (Å²) < 4.78 is 3.30. The molecule has 1 aromatic heterocycles. The summed E-state index contributed by atoms with van der Waals surface area (Å²) in [5, 5.41) is 0. The van der Waals surface area contributed by atoms with Gasteiger partial charge in [0.25, 0.3) is 0 Å². The van der Waals surface area contributed by atoms with Crippen LogP contribution in [0.5, 0.6) is 0 Å². The largest absolute Gasteiger partial charge is 0.335 e. The van der Waals surface area contributed by atoms with Crippen LogP contribution in [-0.2, 0) is 19.4 Å². The fourth-order valence-electron chi connectivity index (χ4n) is 2.20. The maximum absolute atomic E-state index is 6.23. The van der Waals surface area contributed by atoms with Crippen molar-refractivity contribution >= 4 is 15.9 Å². The maximum Gasteiger partial charge on any atom is 0.110 e. The molecule has 1 unspecified atom stereocenters. The predicted molar refractivity (Wildman–Crippen MR) is 82.0 cm³/mol. The van der Waals surface area contributed by atoms with E-state index in [-0.39, 0.29) is 6.04 Å². The van der Waals surface area contributed by atoms with Crippen molar-refractivity contribution in [2.45, 2.75) is 38.8 Å². The molecule has 0 aliphatic carbocycles. The van der Waals surface area contributed by atoms with Gasteiger partial charge in [-0.3, -0.25) is 0 Å². The first kappa shape index (κ1) is 14.3. The average molecular weight is 322 g/mol. The van der Waals surface area contributed by atoms with E-state index in [4.69, 9.17) is 5.73 Å². The summed E-state index contributed by atoms with van der Waals surface area (Å²) in [5.41, 5.74) is 7.50. The topological polar surface area (TPSA) is 43.8 Å². The molecule has 0 aliphatic rings. The number of hydrogen-bond donors (Lipinski definition) is 1. The first-order chi connectivity index (χ1) is 9.19. The summed E-state index contributed by atoms with van der Waals surface area (Å²) in [7, 11) is 0. The van der Waals surface area contributed by atoms with Gasteiger partial charge in [0, 0.05) is 35.9 Å². The number of aromatic nitrogens is 2. The van der Waals surface area contributed by atoms with Crippen LogP contribution >= 0.6 is 15.9 Å². The van der Waals surface area contributed by atoms with E-state index in [0.717, 1.165) is 36.1 Å². The highest BCUT2D eigenvalue weighted by molar-refractivity contribution is 9.10. The second kappa shape index (κ2) is 6.87. The van der Waals surface area contributed by atoms with Gasteiger partial charge in [-0.25, -0.2) is 4.98 Å². The molecule has 1 atom stereocenters. The molecule has 0 fully saturated rings. The van der Waals surface area contributed by atoms with Crippen molar-refractivity contribution in [1.82, 2.24) is 9.55 Å². The highest BCUT2D eigenvalue weighted by atomic mass is 79.9. The monoisotopic (exact) mass is 321 g/mol. The summed E-state index contributed by atoms with van der Waals surface area (Å²) in [5.74, 6) is 1.09. The molecule has 2 rings (SSSR count). The number of halogens is 1. The summed E-state index contributed by atoms with van der Waals surface area (Å²) in [6.45, 7) is 3.19. The van der Waals surface area contributed by atoms with Gasteiger partial charge in [-0.2, -0.15) is 0 Å². The highest BCUT2D eigenvalue weighted by Gasteiger charge is 2.09. The molecule has 2 N–H and O–H groups in total. The predicted octanol–water partition coefficient (Wildman–Crippen LogP) is 3.17. The van der Waals surface area contributed by atoms with Crippen LogP contribution < -0.4 is 5.73 Å². The van der Waals surface area contributed by atoms with Crippen molar-refractivity contribution in [3.8, 4) is 0 Å². The van der Waals surface area contributed by atoms with Gasteiger partial charge < -0.3 is 10.3 Å². The number of nitrogens with zero attached hydrogens (tertiary/aromatic N) is 2. The first-order valence-corrected chi connectivity index (χ1v) is 7.48. The number of rotatable bonds is 6. The van der Waals surface area contributed by atoms with Crippen molar-refractivity contribution in [3.05, 3.63) is 52.5 Å². The molecular formula is C15H20BrN3. The minimum atomic E-state index is 0.110. The molecule has 4 heteroatoms. The molecule has 0 amide bonds. The third-order valence-electron chi connectivity index (χ3n) is 3.12. The second-order valence-corrected chi connectivity index (χ2v) is 5.75. The lowest BCUT2D eigenvalue weighted by atomic mass is 10.0. The van der Waals surface area contributed by atoms with Gasteiger partial charge in [0.2, 0.25) is 0 Å². The van der Waals surface area contributed by atoms with Gasteiger partial charge in [0.15, 0.2) is 0 Å². The molecule has 3 nitrogen and oxygen atoms in total. The molecule has 0 saturated carbocycles. The molecule has 0 saturated heterocycles. The number of nitrogens with two attached hydrogens (primary N) is 1. The minimum absolute atomic E-state index is 0.110. The van der Waals surface area contributed by atoms with Crippen molar-refractivity contribution in [3.63, 3.8) is 0 Å². The average Bonchev–Trinajstić information content (AvgIpc) is 2.80. The van der Waals surface area contributed by atoms with Crippen LogP contribution in [-0.4, -0.2) is 15.6 Å². The Bertz CT molecular complexity index is 504. The van der Waals surface area contributed by atoms with Gasteiger partial charge in [0.1, 0.15) is 5.82 Å². The molecule has 19 heavy (non-hydrogen) atoms. The van der Waals surface area contributed by atoms with E-state index in [2.05, 4.69) is 56.7 Å². The minimum Gasteiger partial charge on any atom is -0.335 e. The number of hydrogen-bond acceptors (Lipinski definition) is 2. The van der Waals surface area contributed by atoms with E-state index < -0.39 is 0 Å². The third kappa shape index (κ3) is 4.18. The van der Waals surface area contributed by atoms with Crippen molar-refractivity contribution in [1.29, 1.82) is 0 Å². The Hall–Kier alpha value is -1.13. The summed E-state index contributed by atoms with van der Waals surface area (Å²) >= 11 is 3.44. The van der Waals surface area contributed by atoms with E-state index in [1.54, 1.807) is 0 Å². The molecule has 102 valence electrons. The SMILES string of the molecule is CCCn1ccnc1CC(N)Cc1ccc(Br)cc1. The molecule has 0 spiro atoms. The molecule has 0 radical (unpaired) electrons. The van der Waals surface area contributed by atoms with Crippen LogP contribution in [0, 0.1) is 0 Å².